The normalized spacial score (nSPS) is 25.4. The summed E-state index contributed by atoms with van der Waals surface area (Å²) in [5, 5.41) is 12.5. The van der Waals surface area contributed by atoms with Crippen LogP contribution < -0.4 is 10.0 Å². The molecule has 0 radical (unpaired) electrons. The van der Waals surface area contributed by atoms with E-state index in [4.69, 9.17) is 0 Å². The number of carbonyl (C=O) groups is 3. The lowest BCUT2D eigenvalue weighted by atomic mass is 9.80. The van der Waals surface area contributed by atoms with Gasteiger partial charge in [-0.1, -0.05) is 51.8 Å². The third kappa shape index (κ3) is 6.00. The second kappa shape index (κ2) is 10.7. The fraction of sp³-hybridized carbons (Fsp3) is 0.667. The minimum atomic E-state index is -3.63. The van der Waals surface area contributed by atoms with E-state index in [1.807, 2.05) is 45.0 Å². The lowest BCUT2D eigenvalue weighted by Crippen LogP contribution is -2.57. The quantitative estimate of drug-likeness (QED) is 0.434. The van der Waals surface area contributed by atoms with Gasteiger partial charge < -0.3 is 15.1 Å². The van der Waals surface area contributed by atoms with E-state index in [9.17, 15) is 28.1 Å². The zero-order valence-corrected chi connectivity index (χ0v) is 25.2. The van der Waals surface area contributed by atoms with E-state index in [1.165, 1.54) is 9.80 Å². The third-order valence-corrected chi connectivity index (χ3v) is 10.9. The van der Waals surface area contributed by atoms with Gasteiger partial charge >= 0.3 is 0 Å². The third-order valence-electron chi connectivity index (χ3n) is 8.95. The van der Waals surface area contributed by atoms with Crippen LogP contribution in [0, 0.1) is 22.7 Å². The van der Waals surface area contributed by atoms with Gasteiger partial charge in [-0.15, -0.1) is 0 Å². The highest BCUT2D eigenvalue weighted by Gasteiger charge is 2.57. The van der Waals surface area contributed by atoms with Crippen LogP contribution in [0.4, 0.5) is 5.69 Å². The second-order valence-corrected chi connectivity index (χ2v) is 15.6. The number of amides is 3. The molecule has 4 aliphatic rings. The molecular weight excluding hydrogens is 542 g/mol. The molecule has 0 bridgehead atoms. The average molecular weight is 584 g/mol. The number of fused-ring (bicyclic) bond motifs is 2. The minimum absolute atomic E-state index is 0.0367. The fourth-order valence-corrected chi connectivity index (χ4v) is 7.83. The number of nitrogens with zero attached hydrogens (tertiary/aromatic N) is 3. The molecule has 1 aromatic rings. The highest BCUT2D eigenvalue weighted by atomic mass is 32.2. The molecule has 222 valence electrons. The van der Waals surface area contributed by atoms with E-state index in [0.717, 1.165) is 24.8 Å². The minimum Gasteiger partial charge on any atom is -0.332 e. The number of anilines is 1. The van der Waals surface area contributed by atoms with Crippen molar-refractivity contribution in [2.75, 3.05) is 18.9 Å². The van der Waals surface area contributed by atoms with Gasteiger partial charge in [-0.3, -0.25) is 14.4 Å². The van der Waals surface area contributed by atoms with Crippen molar-refractivity contribution < 1.29 is 22.8 Å². The van der Waals surface area contributed by atoms with Crippen molar-refractivity contribution in [1.82, 2.24) is 14.5 Å². The number of nitriles is 1. The molecular formula is C30H41N5O5S. The maximum atomic E-state index is 14.3. The van der Waals surface area contributed by atoms with Crippen molar-refractivity contribution in [1.29, 1.82) is 5.26 Å². The van der Waals surface area contributed by atoms with Crippen LogP contribution in [-0.2, 0) is 29.8 Å². The van der Waals surface area contributed by atoms with Crippen LogP contribution in [0.5, 0.6) is 0 Å². The smallest absolute Gasteiger partial charge is 0.246 e. The number of para-hydroxylation sites is 1. The van der Waals surface area contributed by atoms with Gasteiger partial charge in [0.2, 0.25) is 27.7 Å². The second-order valence-electron chi connectivity index (χ2n) is 13.6. The molecule has 3 fully saturated rings. The number of rotatable bonds is 10. The fourth-order valence-electron chi connectivity index (χ4n) is 6.26. The van der Waals surface area contributed by atoms with Crippen LogP contribution >= 0.6 is 0 Å². The Hall–Kier alpha value is -2.97. The summed E-state index contributed by atoms with van der Waals surface area (Å²) in [6.45, 7) is 5.95. The first-order valence-corrected chi connectivity index (χ1v) is 16.2. The topological polar surface area (TPSA) is 140 Å². The van der Waals surface area contributed by atoms with Gasteiger partial charge in [0.25, 0.3) is 0 Å². The molecule has 2 aliphatic carbocycles. The van der Waals surface area contributed by atoms with Crippen LogP contribution in [0.2, 0.25) is 0 Å². The molecule has 0 aromatic heterocycles. The number of hydrogen-bond donors (Lipinski definition) is 2. The molecule has 1 saturated heterocycles. The molecule has 1 aromatic carbocycles. The highest BCUT2D eigenvalue weighted by molar-refractivity contribution is 7.90. The number of sulfonamides is 1. The van der Waals surface area contributed by atoms with Gasteiger partial charge in [-0.05, 0) is 55.1 Å². The summed E-state index contributed by atoms with van der Waals surface area (Å²) >= 11 is 0. The molecule has 2 heterocycles. The molecule has 4 atom stereocenters. The molecule has 2 saturated carbocycles. The Balaban J connectivity index is 1.42. The van der Waals surface area contributed by atoms with Crippen molar-refractivity contribution in [2.24, 2.45) is 11.3 Å². The molecule has 1 spiro atoms. The summed E-state index contributed by atoms with van der Waals surface area (Å²) in [4.78, 5) is 44.4. The lowest BCUT2D eigenvalue weighted by Gasteiger charge is -2.37. The maximum absolute atomic E-state index is 14.3. The first-order valence-electron chi connectivity index (χ1n) is 14.6. The van der Waals surface area contributed by atoms with E-state index >= 15 is 0 Å². The standard InChI is InChI=1S/C30H41N5O5S/c1-29(2,3)16-25(34(4)26(36)24(14-11-19-9-10-19)33-41(39,40)21-12-13-21)27(37)35-18-30(15-20(35)17-31)22-7-5-6-8-23(22)32-28(30)38/h5-8,19-21,24-25,33H,9-16,18H2,1-4H3,(H,32,38)/t20-,24-,25-,30-/m0/s1. The first-order chi connectivity index (χ1) is 19.3. The van der Waals surface area contributed by atoms with Crippen LogP contribution in [0.15, 0.2) is 24.3 Å². The number of likely N-dealkylation sites (N-methyl/N-ethyl adjacent to an activating group) is 1. The number of hydrogen-bond acceptors (Lipinski definition) is 6. The monoisotopic (exact) mass is 583 g/mol. The summed E-state index contributed by atoms with van der Waals surface area (Å²) in [6.07, 6.45) is 4.94. The molecule has 2 N–H and O–H groups in total. The van der Waals surface area contributed by atoms with Crippen molar-refractivity contribution >= 4 is 33.4 Å². The van der Waals surface area contributed by atoms with Crippen molar-refractivity contribution in [3.63, 3.8) is 0 Å². The zero-order valence-electron chi connectivity index (χ0n) is 24.4. The van der Waals surface area contributed by atoms with E-state index in [1.54, 1.807) is 7.05 Å². The SMILES string of the molecule is CN(C(=O)[C@H](CCC1CC1)NS(=O)(=O)C1CC1)[C@@H](CC(C)(C)C)C(=O)N1C[C@]2(C[C@H]1C#N)C(=O)Nc1ccccc12. The van der Waals surface area contributed by atoms with Crippen LogP contribution in [0.25, 0.3) is 0 Å². The first kappa shape index (κ1) is 29.5. The summed E-state index contributed by atoms with van der Waals surface area (Å²) in [5.41, 5.74) is 0.0622. The molecule has 41 heavy (non-hydrogen) atoms. The molecule has 0 unspecified atom stereocenters. The van der Waals surface area contributed by atoms with E-state index in [2.05, 4.69) is 16.1 Å². The molecule has 2 aliphatic heterocycles. The van der Waals surface area contributed by atoms with Gasteiger partial charge in [-0.25, -0.2) is 13.1 Å². The van der Waals surface area contributed by atoms with E-state index in [0.29, 0.717) is 37.3 Å². The predicted octanol–water partition coefficient (Wildman–Crippen LogP) is 2.90. The molecule has 5 rings (SSSR count). The summed E-state index contributed by atoms with van der Waals surface area (Å²) in [7, 11) is -2.08. The zero-order chi connectivity index (χ0) is 29.7. The molecule has 11 heteroatoms. The highest BCUT2D eigenvalue weighted by Crippen LogP contribution is 2.46. The predicted molar refractivity (Wildman–Crippen MR) is 154 cm³/mol. The molecule has 10 nitrogen and oxygen atoms in total. The lowest BCUT2D eigenvalue weighted by molar-refractivity contribution is -0.147. The number of nitrogens with one attached hydrogen (secondary N) is 2. The Bertz CT molecular complexity index is 1370. The summed E-state index contributed by atoms with van der Waals surface area (Å²) in [6, 6.07) is 6.84. The average Bonchev–Trinajstić information content (AvgIpc) is 3.85. The van der Waals surface area contributed by atoms with Gasteiger partial charge in [0.1, 0.15) is 18.1 Å². The van der Waals surface area contributed by atoms with Crippen molar-refractivity contribution in [3.8, 4) is 6.07 Å². The summed E-state index contributed by atoms with van der Waals surface area (Å²) in [5.74, 6) is -0.572. The van der Waals surface area contributed by atoms with Crippen molar-refractivity contribution in [2.45, 2.75) is 101 Å². The summed E-state index contributed by atoms with van der Waals surface area (Å²) < 4.78 is 28.4. The number of carbonyl (C=O) groups excluding carboxylic acids is 3. The Labute approximate surface area is 242 Å². The van der Waals surface area contributed by atoms with E-state index < -0.39 is 50.6 Å². The Morgan fingerprint density at radius 2 is 1.90 bits per heavy atom. The van der Waals surface area contributed by atoms with Gasteiger partial charge in [-0.2, -0.15) is 5.26 Å². The maximum Gasteiger partial charge on any atom is 0.246 e. The van der Waals surface area contributed by atoms with Gasteiger partial charge in [0.05, 0.1) is 16.7 Å². The Morgan fingerprint density at radius 3 is 2.51 bits per heavy atom. The van der Waals surface area contributed by atoms with Crippen LogP contribution in [0.3, 0.4) is 0 Å². The van der Waals surface area contributed by atoms with Crippen LogP contribution in [-0.4, -0.2) is 72.9 Å². The largest absolute Gasteiger partial charge is 0.332 e. The van der Waals surface area contributed by atoms with E-state index in [-0.39, 0.29) is 24.3 Å². The molecule has 3 amide bonds. The number of likely N-dealkylation sites (tertiary alicyclic amines) is 1. The van der Waals surface area contributed by atoms with Gasteiger partial charge in [0, 0.05) is 25.7 Å². The van der Waals surface area contributed by atoms with Gasteiger partial charge in [0.15, 0.2) is 0 Å². The number of benzene rings is 1. The van der Waals surface area contributed by atoms with Crippen molar-refractivity contribution in [3.05, 3.63) is 29.8 Å². The van der Waals surface area contributed by atoms with Crippen LogP contribution in [0.1, 0.15) is 77.7 Å². The Kier molecular flexibility index (Phi) is 7.70. The Morgan fingerprint density at radius 1 is 1.22 bits per heavy atom.